The third-order valence-electron chi connectivity index (χ3n) is 3.67. The number of hydrogen-bond acceptors (Lipinski definition) is 5. The summed E-state index contributed by atoms with van der Waals surface area (Å²) in [7, 11) is 1.77. The zero-order chi connectivity index (χ0) is 16.1. The Balaban J connectivity index is 1.88. The highest BCUT2D eigenvalue weighted by Gasteiger charge is 2.23. The standard InChI is InChI=1S/C14H18ClN3O4/c1-17(11-4-6-16-9-11)14(19)5-7-22-13-3-2-10(15)8-12(13)18(20)21/h2-3,8,11,16H,4-7,9H2,1H3. The summed E-state index contributed by atoms with van der Waals surface area (Å²) in [5.41, 5.74) is -0.201. The van der Waals surface area contributed by atoms with Gasteiger partial charge in [-0.1, -0.05) is 11.6 Å². The van der Waals surface area contributed by atoms with E-state index in [0.717, 1.165) is 19.5 Å². The van der Waals surface area contributed by atoms with Crippen molar-refractivity contribution in [2.24, 2.45) is 0 Å². The first-order valence-electron chi connectivity index (χ1n) is 7.02. The van der Waals surface area contributed by atoms with Crippen LogP contribution in [0.5, 0.6) is 5.75 Å². The molecule has 1 aromatic carbocycles. The molecule has 0 bridgehead atoms. The van der Waals surface area contributed by atoms with Gasteiger partial charge in [0.1, 0.15) is 0 Å². The molecule has 1 aromatic rings. The van der Waals surface area contributed by atoms with Crippen molar-refractivity contribution >= 4 is 23.2 Å². The molecule has 1 fully saturated rings. The number of amides is 1. The van der Waals surface area contributed by atoms with Crippen LogP contribution in [0.15, 0.2) is 18.2 Å². The van der Waals surface area contributed by atoms with Gasteiger partial charge < -0.3 is 15.0 Å². The summed E-state index contributed by atoms with van der Waals surface area (Å²) in [6.07, 6.45) is 1.11. The predicted octanol–water partition coefficient (Wildman–Crippen LogP) is 1.84. The average molecular weight is 328 g/mol. The molecule has 1 unspecified atom stereocenters. The van der Waals surface area contributed by atoms with Gasteiger partial charge in [0.05, 0.1) is 18.0 Å². The molecular weight excluding hydrogens is 310 g/mol. The summed E-state index contributed by atoms with van der Waals surface area (Å²) in [6.45, 7) is 1.80. The molecular formula is C14H18ClN3O4. The molecule has 1 aliphatic rings. The van der Waals surface area contributed by atoms with E-state index in [9.17, 15) is 14.9 Å². The lowest BCUT2D eigenvalue weighted by Gasteiger charge is -2.23. The molecule has 1 amide bonds. The largest absolute Gasteiger partial charge is 0.486 e. The molecule has 0 spiro atoms. The molecule has 7 nitrogen and oxygen atoms in total. The zero-order valence-corrected chi connectivity index (χ0v) is 13.0. The summed E-state index contributed by atoms with van der Waals surface area (Å²) < 4.78 is 5.37. The van der Waals surface area contributed by atoms with Crippen LogP contribution in [0.25, 0.3) is 0 Å². The van der Waals surface area contributed by atoms with Crippen LogP contribution in [0.3, 0.4) is 0 Å². The molecule has 1 saturated heterocycles. The number of likely N-dealkylation sites (N-methyl/N-ethyl adjacent to an activating group) is 1. The monoisotopic (exact) mass is 327 g/mol. The number of nitro benzene ring substituents is 1. The summed E-state index contributed by atoms with van der Waals surface area (Å²) in [4.78, 5) is 24.1. The second-order valence-electron chi connectivity index (χ2n) is 5.12. The molecule has 1 aliphatic heterocycles. The number of halogens is 1. The lowest BCUT2D eigenvalue weighted by atomic mass is 10.2. The van der Waals surface area contributed by atoms with Crippen molar-refractivity contribution in [3.8, 4) is 5.75 Å². The molecule has 0 saturated carbocycles. The van der Waals surface area contributed by atoms with E-state index in [1.165, 1.54) is 18.2 Å². The SMILES string of the molecule is CN(C(=O)CCOc1ccc(Cl)cc1[N+](=O)[O-])C1CCNC1. The van der Waals surface area contributed by atoms with Gasteiger partial charge in [0.25, 0.3) is 0 Å². The Morgan fingerprint density at radius 1 is 1.59 bits per heavy atom. The molecule has 0 aromatic heterocycles. The van der Waals surface area contributed by atoms with Crippen molar-refractivity contribution in [3.63, 3.8) is 0 Å². The van der Waals surface area contributed by atoms with E-state index >= 15 is 0 Å². The number of nitrogens with one attached hydrogen (secondary N) is 1. The van der Waals surface area contributed by atoms with E-state index in [0.29, 0.717) is 0 Å². The van der Waals surface area contributed by atoms with Gasteiger partial charge in [-0.25, -0.2) is 0 Å². The Bertz CT molecular complexity index is 561. The highest BCUT2D eigenvalue weighted by molar-refractivity contribution is 6.30. The number of benzene rings is 1. The molecule has 22 heavy (non-hydrogen) atoms. The second-order valence-corrected chi connectivity index (χ2v) is 5.56. The average Bonchev–Trinajstić information content (AvgIpc) is 3.01. The highest BCUT2D eigenvalue weighted by atomic mass is 35.5. The number of nitro groups is 1. The van der Waals surface area contributed by atoms with E-state index in [4.69, 9.17) is 16.3 Å². The molecule has 120 valence electrons. The first-order valence-corrected chi connectivity index (χ1v) is 7.40. The fourth-order valence-electron chi connectivity index (χ4n) is 2.35. The fraction of sp³-hybridized carbons (Fsp3) is 0.500. The molecule has 2 rings (SSSR count). The number of ether oxygens (including phenoxy) is 1. The zero-order valence-electron chi connectivity index (χ0n) is 12.3. The van der Waals surface area contributed by atoms with Crippen LogP contribution in [-0.2, 0) is 4.79 Å². The van der Waals surface area contributed by atoms with E-state index in [-0.39, 0.29) is 41.4 Å². The smallest absolute Gasteiger partial charge is 0.312 e. The maximum atomic E-state index is 12.1. The van der Waals surface area contributed by atoms with Gasteiger partial charge in [0.2, 0.25) is 5.91 Å². The molecule has 1 atom stereocenters. The minimum absolute atomic E-state index is 0.0367. The van der Waals surface area contributed by atoms with Crippen LogP contribution in [0, 0.1) is 10.1 Å². The van der Waals surface area contributed by atoms with E-state index in [1.54, 1.807) is 11.9 Å². The Labute approximate surface area is 133 Å². The maximum Gasteiger partial charge on any atom is 0.312 e. The molecule has 1 N–H and O–H groups in total. The number of hydrogen-bond donors (Lipinski definition) is 1. The summed E-state index contributed by atoms with van der Waals surface area (Å²) in [6, 6.07) is 4.39. The van der Waals surface area contributed by atoms with Gasteiger partial charge in [-0.3, -0.25) is 14.9 Å². The number of rotatable bonds is 6. The third kappa shape index (κ3) is 4.08. The Morgan fingerprint density at radius 3 is 3.00 bits per heavy atom. The molecule has 1 heterocycles. The van der Waals surface area contributed by atoms with E-state index < -0.39 is 4.92 Å². The fourth-order valence-corrected chi connectivity index (χ4v) is 2.52. The number of nitrogens with zero attached hydrogens (tertiary/aromatic N) is 2. The normalized spacial score (nSPS) is 17.3. The first-order chi connectivity index (χ1) is 10.5. The summed E-state index contributed by atoms with van der Waals surface area (Å²) >= 11 is 5.73. The van der Waals surface area contributed by atoms with E-state index in [2.05, 4.69) is 5.32 Å². The highest BCUT2D eigenvalue weighted by Crippen LogP contribution is 2.29. The quantitative estimate of drug-likeness (QED) is 0.636. The van der Waals surface area contributed by atoms with Gasteiger partial charge in [-0.15, -0.1) is 0 Å². The van der Waals surface area contributed by atoms with Crippen LogP contribution in [0.1, 0.15) is 12.8 Å². The van der Waals surface area contributed by atoms with Gasteiger partial charge in [0, 0.05) is 30.7 Å². The van der Waals surface area contributed by atoms with Crippen LogP contribution >= 0.6 is 11.6 Å². The first kappa shape index (κ1) is 16.5. The van der Waals surface area contributed by atoms with E-state index in [1.807, 2.05) is 0 Å². The van der Waals surface area contributed by atoms with Crippen molar-refractivity contribution in [3.05, 3.63) is 33.3 Å². The van der Waals surface area contributed by atoms with Gasteiger partial charge >= 0.3 is 5.69 Å². The van der Waals surface area contributed by atoms with Crippen molar-refractivity contribution in [2.45, 2.75) is 18.9 Å². The van der Waals surface area contributed by atoms with Crippen molar-refractivity contribution in [1.29, 1.82) is 0 Å². The number of carbonyl (C=O) groups excluding carboxylic acids is 1. The third-order valence-corrected chi connectivity index (χ3v) is 3.90. The van der Waals surface area contributed by atoms with Crippen LogP contribution in [-0.4, -0.2) is 48.5 Å². The van der Waals surface area contributed by atoms with Crippen LogP contribution < -0.4 is 10.1 Å². The van der Waals surface area contributed by atoms with Crippen molar-refractivity contribution in [1.82, 2.24) is 10.2 Å². The van der Waals surface area contributed by atoms with Crippen molar-refractivity contribution in [2.75, 3.05) is 26.7 Å². The second kappa shape index (κ2) is 7.42. The summed E-state index contributed by atoms with van der Waals surface area (Å²) in [5, 5.41) is 14.4. The Hall–Kier alpha value is -1.86. The number of carbonyl (C=O) groups is 1. The molecule has 0 radical (unpaired) electrons. The predicted molar refractivity (Wildman–Crippen MR) is 82.3 cm³/mol. The topological polar surface area (TPSA) is 84.7 Å². The maximum absolute atomic E-state index is 12.1. The lowest BCUT2D eigenvalue weighted by molar-refractivity contribution is -0.385. The van der Waals surface area contributed by atoms with Gasteiger partial charge in [-0.2, -0.15) is 0 Å². The lowest BCUT2D eigenvalue weighted by Crippen LogP contribution is -2.38. The van der Waals surface area contributed by atoms with Crippen LogP contribution in [0.2, 0.25) is 5.02 Å². The Kier molecular flexibility index (Phi) is 5.57. The van der Waals surface area contributed by atoms with Gasteiger partial charge in [-0.05, 0) is 25.1 Å². The van der Waals surface area contributed by atoms with Crippen LogP contribution in [0.4, 0.5) is 5.69 Å². The molecule has 0 aliphatic carbocycles. The minimum Gasteiger partial charge on any atom is -0.486 e. The minimum atomic E-state index is -0.556. The van der Waals surface area contributed by atoms with Gasteiger partial charge in [0.15, 0.2) is 5.75 Å². The molecule has 8 heteroatoms. The Morgan fingerprint density at radius 2 is 2.36 bits per heavy atom. The summed E-state index contributed by atoms with van der Waals surface area (Å²) in [5.74, 6) is 0.0812. The van der Waals surface area contributed by atoms with Crippen molar-refractivity contribution < 1.29 is 14.5 Å².